The zero-order chi connectivity index (χ0) is 18.9. The van der Waals surface area contributed by atoms with Gasteiger partial charge in [0.2, 0.25) is 0 Å². The van der Waals surface area contributed by atoms with Crippen molar-refractivity contribution >= 4 is 35.8 Å². The number of halogens is 1. The van der Waals surface area contributed by atoms with Crippen LogP contribution in [0.3, 0.4) is 0 Å². The average Bonchev–Trinajstić information content (AvgIpc) is 2.54. The molecule has 1 aromatic rings. The Bertz CT molecular complexity index is 608. The predicted octanol–water partition coefficient (Wildman–Crippen LogP) is 3.81. The fraction of sp³-hybridized carbons (Fsp3) is 0.500. The van der Waals surface area contributed by atoms with Crippen LogP contribution in [0.25, 0.3) is 0 Å². The van der Waals surface area contributed by atoms with Gasteiger partial charge in [0.05, 0.1) is 0 Å². The number of hydrogen-bond donors (Lipinski definition) is 2. The minimum atomic E-state index is -0.248. The van der Waals surface area contributed by atoms with Crippen LogP contribution in [0.15, 0.2) is 41.9 Å². The zero-order valence-corrected chi connectivity index (χ0v) is 19.0. The summed E-state index contributed by atoms with van der Waals surface area (Å²) in [5.41, 5.74) is 1.47. The van der Waals surface area contributed by atoms with Crippen molar-refractivity contribution < 1.29 is 4.79 Å². The predicted molar refractivity (Wildman–Crippen MR) is 121 cm³/mol. The number of carbonyl (C=O) groups is 1. The van der Waals surface area contributed by atoms with Crippen molar-refractivity contribution in [3.8, 4) is 0 Å². The number of amides is 1. The number of carbonyl (C=O) groups excluding carboxylic acids is 1. The van der Waals surface area contributed by atoms with Crippen LogP contribution in [-0.4, -0.2) is 42.9 Å². The van der Waals surface area contributed by atoms with Crippen molar-refractivity contribution in [2.24, 2.45) is 4.99 Å². The average molecular weight is 472 g/mol. The van der Waals surface area contributed by atoms with Gasteiger partial charge in [-0.15, -0.1) is 30.6 Å². The van der Waals surface area contributed by atoms with E-state index < -0.39 is 0 Å². The van der Waals surface area contributed by atoms with Crippen molar-refractivity contribution in [3.63, 3.8) is 0 Å². The summed E-state index contributed by atoms with van der Waals surface area (Å²) >= 11 is 0. The lowest BCUT2D eigenvalue weighted by atomic mass is 10.1. The highest BCUT2D eigenvalue weighted by Crippen LogP contribution is 2.08. The summed E-state index contributed by atoms with van der Waals surface area (Å²) in [5, 5.41) is 6.33. The maximum absolute atomic E-state index is 12.3. The van der Waals surface area contributed by atoms with Gasteiger partial charge in [0, 0.05) is 38.3 Å². The number of benzene rings is 1. The highest BCUT2D eigenvalue weighted by molar-refractivity contribution is 14.0. The Labute approximate surface area is 175 Å². The molecule has 0 atom stereocenters. The topological polar surface area (TPSA) is 56.7 Å². The van der Waals surface area contributed by atoms with E-state index in [9.17, 15) is 4.79 Å². The molecule has 1 amide bonds. The Morgan fingerprint density at radius 2 is 2.04 bits per heavy atom. The van der Waals surface area contributed by atoms with Gasteiger partial charge in [0.15, 0.2) is 5.96 Å². The molecule has 5 nitrogen and oxygen atoms in total. The molecule has 0 heterocycles. The van der Waals surface area contributed by atoms with E-state index in [1.807, 2.05) is 58.2 Å². The van der Waals surface area contributed by atoms with Crippen molar-refractivity contribution in [2.75, 3.05) is 20.6 Å². The van der Waals surface area contributed by atoms with E-state index >= 15 is 0 Å². The van der Waals surface area contributed by atoms with Crippen LogP contribution in [0.5, 0.6) is 0 Å². The van der Waals surface area contributed by atoms with E-state index in [1.165, 1.54) is 0 Å². The molecule has 26 heavy (non-hydrogen) atoms. The Hall–Kier alpha value is -1.57. The van der Waals surface area contributed by atoms with Gasteiger partial charge < -0.3 is 15.5 Å². The minimum Gasteiger partial charge on any atom is -0.352 e. The summed E-state index contributed by atoms with van der Waals surface area (Å²) < 4.78 is 0. The number of nitrogens with zero attached hydrogens (tertiary/aromatic N) is 2. The van der Waals surface area contributed by atoms with Crippen molar-refractivity contribution in [2.45, 2.75) is 45.7 Å². The number of nitrogens with one attached hydrogen (secondary N) is 2. The van der Waals surface area contributed by atoms with E-state index in [0.717, 1.165) is 30.9 Å². The molecule has 0 radical (unpaired) electrons. The molecule has 2 N–H and O–H groups in total. The molecule has 0 spiro atoms. The number of rotatable bonds is 7. The Kier molecular flexibility index (Phi) is 11.2. The molecule has 0 aliphatic rings. The van der Waals surface area contributed by atoms with Crippen LogP contribution in [0.2, 0.25) is 0 Å². The van der Waals surface area contributed by atoms with Crippen LogP contribution >= 0.6 is 24.0 Å². The minimum absolute atomic E-state index is 0. The zero-order valence-electron chi connectivity index (χ0n) is 16.6. The van der Waals surface area contributed by atoms with Gasteiger partial charge in [-0.25, -0.2) is 0 Å². The molecule has 0 aromatic heterocycles. The molecule has 0 bridgehead atoms. The molecule has 6 heteroatoms. The van der Waals surface area contributed by atoms with Crippen LogP contribution in [-0.2, 0) is 6.54 Å². The molecule has 1 rings (SSSR count). The first-order valence-corrected chi connectivity index (χ1v) is 8.71. The maximum atomic E-state index is 12.3. The van der Waals surface area contributed by atoms with Gasteiger partial charge in [-0.05, 0) is 51.3 Å². The lowest BCUT2D eigenvalue weighted by Gasteiger charge is -2.22. The Morgan fingerprint density at radius 3 is 2.62 bits per heavy atom. The highest BCUT2D eigenvalue weighted by atomic mass is 127. The smallest absolute Gasteiger partial charge is 0.251 e. The molecule has 0 saturated heterocycles. The first-order chi connectivity index (χ1) is 11.8. The molecule has 0 aliphatic carbocycles. The second-order valence-corrected chi connectivity index (χ2v) is 7.16. The number of allylic oxidation sites excluding steroid dienone is 1. The van der Waals surface area contributed by atoms with Crippen molar-refractivity contribution in [1.82, 2.24) is 15.5 Å². The number of aliphatic imine (C=N–C) groups is 1. The summed E-state index contributed by atoms with van der Waals surface area (Å²) in [6, 6.07) is 7.66. The summed E-state index contributed by atoms with van der Waals surface area (Å²) in [7, 11) is 3.80. The summed E-state index contributed by atoms with van der Waals surface area (Å²) in [4.78, 5) is 18.7. The lowest BCUT2D eigenvalue weighted by molar-refractivity contribution is 0.0919. The third kappa shape index (κ3) is 9.22. The van der Waals surface area contributed by atoms with Crippen LogP contribution < -0.4 is 10.6 Å². The SMILES string of the molecule is C=CCCCN(C)C(=NC)NCc1cccc(C(=O)NC(C)(C)C)c1.I. The second kappa shape index (κ2) is 11.9. The molecule has 0 aliphatic heterocycles. The van der Waals surface area contributed by atoms with E-state index in [-0.39, 0.29) is 35.4 Å². The number of guanidine groups is 1. The summed E-state index contributed by atoms with van der Waals surface area (Å²) in [5.74, 6) is 0.786. The number of hydrogen-bond acceptors (Lipinski definition) is 2. The molecule has 0 fully saturated rings. The molecule has 1 aromatic carbocycles. The van der Waals surface area contributed by atoms with Gasteiger partial charge in [-0.3, -0.25) is 9.79 Å². The van der Waals surface area contributed by atoms with E-state index in [4.69, 9.17) is 0 Å². The number of unbranched alkanes of at least 4 members (excludes halogenated alkanes) is 1. The normalized spacial score (nSPS) is 11.3. The molecular weight excluding hydrogens is 439 g/mol. The highest BCUT2D eigenvalue weighted by Gasteiger charge is 2.15. The summed E-state index contributed by atoms with van der Waals surface area (Å²) in [6.45, 7) is 11.2. The first kappa shape index (κ1) is 24.4. The van der Waals surface area contributed by atoms with Gasteiger partial charge in [0.1, 0.15) is 0 Å². The third-order valence-corrected chi connectivity index (χ3v) is 3.60. The van der Waals surface area contributed by atoms with Crippen LogP contribution in [0, 0.1) is 0 Å². The Balaban J connectivity index is 0.00000625. The molecular formula is C20H33IN4O. The van der Waals surface area contributed by atoms with E-state index in [0.29, 0.717) is 12.1 Å². The Morgan fingerprint density at radius 1 is 1.35 bits per heavy atom. The van der Waals surface area contributed by atoms with Crippen molar-refractivity contribution in [1.29, 1.82) is 0 Å². The maximum Gasteiger partial charge on any atom is 0.251 e. The fourth-order valence-corrected chi connectivity index (χ4v) is 2.38. The largest absolute Gasteiger partial charge is 0.352 e. The second-order valence-electron chi connectivity index (χ2n) is 7.16. The van der Waals surface area contributed by atoms with Crippen molar-refractivity contribution in [3.05, 3.63) is 48.0 Å². The standard InChI is InChI=1S/C20H32N4O.HI/c1-7-8-9-13-24(6)19(21-5)22-15-16-11-10-12-17(14-16)18(25)23-20(2,3)4;/h7,10-12,14H,1,8-9,13,15H2,2-6H3,(H,21,22)(H,23,25);1H. The van der Waals surface area contributed by atoms with Gasteiger partial charge in [-0.2, -0.15) is 0 Å². The lowest BCUT2D eigenvalue weighted by Crippen LogP contribution is -2.40. The quantitative estimate of drug-likeness (QED) is 0.209. The molecule has 146 valence electrons. The van der Waals surface area contributed by atoms with Gasteiger partial charge in [0.25, 0.3) is 5.91 Å². The summed E-state index contributed by atoms with van der Waals surface area (Å²) in [6.07, 6.45) is 3.97. The van der Waals surface area contributed by atoms with E-state index in [1.54, 1.807) is 7.05 Å². The first-order valence-electron chi connectivity index (χ1n) is 8.71. The molecule has 0 saturated carbocycles. The van der Waals surface area contributed by atoms with Gasteiger partial charge >= 0.3 is 0 Å². The monoisotopic (exact) mass is 472 g/mol. The van der Waals surface area contributed by atoms with E-state index in [2.05, 4.69) is 27.1 Å². The third-order valence-electron chi connectivity index (χ3n) is 3.60. The van der Waals surface area contributed by atoms with Crippen LogP contribution in [0.4, 0.5) is 0 Å². The fourth-order valence-electron chi connectivity index (χ4n) is 2.38. The van der Waals surface area contributed by atoms with Crippen LogP contribution in [0.1, 0.15) is 49.5 Å². The molecule has 0 unspecified atom stereocenters. The van der Waals surface area contributed by atoms with Gasteiger partial charge in [-0.1, -0.05) is 18.2 Å².